The molecule has 2 amide bonds. The molecule has 3 N–H and O–H groups in total. The highest BCUT2D eigenvalue weighted by Gasteiger charge is 2.33. The predicted octanol–water partition coefficient (Wildman–Crippen LogP) is 0.628. The highest BCUT2D eigenvalue weighted by atomic mass is 16.5. The average Bonchev–Trinajstić information content (AvgIpc) is 2.46. The standard InChI is InChI=1S/C14H19N3O3/c1-3-10-13(18)16-7-8-17(10)14(19)9-5-4-6-11(20-2)12(9)15/h4-6,10H,3,7-8,15H2,1-2H3,(H,16,18). The number of methoxy groups -OCH3 is 1. The van der Waals surface area contributed by atoms with Crippen LogP contribution in [0, 0.1) is 0 Å². The monoisotopic (exact) mass is 277 g/mol. The van der Waals surface area contributed by atoms with Crippen LogP contribution in [0.25, 0.3) is 0 Å². The van der Waals surface area contributed by atoms with Crippen LogP contribution in [-0.2, 0) is 4.79 Å². The first-order valence-corrected chi connectivity index (χ1v) is 6.61. The van der Waals surface area contributed by atoms with Crippen molar-refractivity contribution in [2.24, 2.45) is 0 Å². The van der Waals surface area contributed by atoms with Crippen LogP contribution in [0.2, 0.25) is 0 Å². The molecule has 20 heavy (non-hydrogen) atoms. The molecule has 1 heterocycles. The minimum Gasteiger partial charge on any atom is -0.495 e. The summed E-state index contributed by atoms with van der Waals surface area (Å²) in [6.07, 6.45) is 0.571. The molecule has 0 bridgehead atoms. The second-order valence-corrected chi connectivity index (χ2v) is 4.64. The Morgan fingerprint density at radius 3 is 2.95 bits per heavy atom. The molecule has 0 aromatic heterocycles. The van der Waals surface area contributed by atoms with Crippen LogP contribution in [0.4, 0.5) is 5.69 Å². The molecule has 0 radical (unpaired) electrons. The highest BCUT2D eigenvalue weighted by Crippen LogP contribution is 2.26. The molecule has 1 saturated heterocycles. The Bertz CT molecular complexity index is 530. The van der Waals surface area contributed by atoms with Crippen molar-refractivity contribution in [1.82, 2.24) is 10.2 Å². The second kappa shape index (κ2) is 5.81. The van der Waals surface area contributed by atoms with E-state index in [1.165, 1.54) is 7.11 Å². The van der Waals surface area contributed by atoms with Gasteiger partial charge in [-0.2, -0.15) is 0 Å². The summed E-state index contributed by atoms with van der Waals surface area (Å²) in [5.41, 5.74) is 6.63. The smallest absolute Gasteiger partial charge is 0.256 e. The zero-order valence-electron chi connectivity index (χ0n) is 11.7. The molecule has 0 spiro atoms. The highest BCUT2D eigenvalue weighted by molar-refractivity contribution is 6.02. The minimum absolute atomic E-state index is 0.117. The summed E-state index contributed by atoms with van der Waals surface area (Å²) in [5.74, 6) is 0.113. The Hall–Kier alpha value is -2.24. The Labute approximate surface area is 117 Å². The lowest BCUT2D eigenvalue weighted by molar-refractivity contribution is -0.127. The van der Waals surface area contributed by atoms with Crippen molar-refractivity contribution in [3.63, 3.8) is 0 Å². The van der Waals surface area contributed by atoms with Gasteiger partial charge in [0, 0.05) is 13.1 Å². The van der Waals surface area contributed by atoms with E-state index < -0.39 is 6.04 Å². The molecule has 0 aliphatic carbocycles. The maximum absolute atomic E-state index is 12.6. The number of hydrogen-bond donors (Lipinski definition) is 2. The molecule has 1 fully saturated rings. The van der Waals surface area contributed by atoms with Gasteiger partial charge in [0.05, 0.1) is 18.4 Å². The van der Waals surface area contributed by atoms with Gasteiger partial charge in [0.15, 0.2) is 0 Å². The lowest BCUT2D eigenvalue weighted by Crippen LogP contribution is -2.57. The fourth-order valence-electron chi connectivity index (χ4n) is 2.43. The second-order valence-electron chi connectivity index (χ2n) is 4.64. The molecule has 1 aliphatic heterocycles. The van der Waals surface area contributed by atoms with Crippen molar-refractivity contribution in [3.05, 3.63) is 23.8 Å². The van der Waals surface area contributed by atoms with Crippen LogP contribution in [0.3, 0.4) is 0 Å². The van der Waals surface area contributed by atoms with Crippen LogP contribution in [0.5, 0.6) is 5.75 Å². The van der Waals surface area contributed by atoms with Crippen molar-refractivity contribution in [2.45, 2.75) is 19.4 Å². The van der Waals surface area contributed by atoms with Gasteiger partial charge in [0.1, 0.15) is 11.8 Å². The normalized spacial score (nSPS) is 18.6. The quantitative estimate of drug-likeness (QED) is 0.794. The van der Waals surface area contributed by atoms with E-state index in [2.05, 4.69) is 5.32 Å². The van der Waals surface area contributed by atoms with Crippen molar-refractivity contribution in [1.29, 1.82) is 0 Å². The third kappa shape index (κ3) is 2.41. The molecule has 0 saturated carbocycles. The number of anilines is 1. The molecule has 6 heteroatoms. The summed E-state index contributed by atoms with van der Waals surface area (Å²) in [7, 11) is 1.50. The van der Waals surface area contributed by atoms with Crippen molar-refractivity contribution < 1.29 is 14.3 Å². The van der Waals surface area contributed by atoms with E-state index >= 15 is 0 Å². The predicted molar refractivity (Wildman–Crippen MR) is 75.5 cm³/mol. The third-order valence-electron chi connectivity index (χ3n) is 3.49. The largest absolute Gasteiger partial charge is 0.495 e. The molecule has 1 aliphatic rings. The molecular formula is C14H19N3O3. The number of rotatable bonds is 3. The Balaban J connectivity index is 2.33. The maximum Gasteiger partial charge on any atom is 0.256 e. The fraction of sp³-hybridized carbons (Fsp3) is 0.429. The Morgan fingerprint density at radius 2 is 2.30 bits per heavy atom. The van der Waals surface area contributed by atoms with Gasteiger partial charge in [0.2, 0.25) is 5.91 Å². The number of benzene rings is 1. The summed E-state index contributed by atoms with van der Waals surface area (Å²) in [6.45, 7) is 2.83. The van der Waals surface area contributed by atoms with Gasteiger partial charge in [-0.1, -0.05) is 13.0 Å². The summed E-state index contributed by atoms with van der Waals surface area (Å²) >= 11 is 0. The van der Waals surface area contributed by atoms with Crippen LogP contribution >= 0.6 is 0 Å². The number of carbonyl (C=O) groups excluding carboxylic acids is 2. The molecule has 2 rings (SSSR count). The third-order valence-corrected chi connectivity index (χ3v) is 3.49. The van der Waals surface area contributed by atoms with Crippen molar-refractivity contribution in [3.8, 4) is 5.75 Å². The number of nitrogens with two attached hydrogens (primary N) is 1. The van der Waals surface area contributed by atoms with Crippen LogP contribution in [0.15, 0.2) is 18.2 Å². The number of carbonyl (C=O) groups is 2. The average molecular weight is 277 g/mol. The van der Waals surface area contributed by atoms with Crippen molar-refractivity contribution in [2.75, 3.05) is 25.9 Å². The molecule has 1 unspecified atom stereocenters. The van der Waals surface area contributed by atoms with E-state index in [0.29, 0.717) is 36.5 Å². The van der Waals surface area contributed by atoms with Gasteiger partial charge in [0.25, 0.3) is 5.91 Å². The van der Waals surface area contributed by atoms with Gasteiger partial charge >= 0.3 is 0 Å². The molecule has 1 aromatic carbocycles. The number of amides is 2. The van der Waals surface area contributed by atoms with Gasteiger partial charge in [-0.25, -0.2) is 0 Å². The topological polar surface area (TPSA) is 84.7 Å². The molecular weight excluding hydrogens is 258 g/mol. The number of nitrogens with zero attached hydrogens (tertiary/aromatic N) is 1. The van der Waals surface area contributed by atoms with E-state index in [4.69, 9.17) is 10.5 Å². The lowest BCUT2D eigenvalue weighted by atomic mass is 10.1. The Morgan fingerprint density at radius 1 is 1.55 bits per heavy atom. The molecule has 108 valence electrons. The van der Waals surface area contributed by atoms with E-state index in [0.717, 1.165) is 0 Å². The van der Waals surface area contributed by atoms with Gasteiger partial charge < -0.3 is 20.7 Å². The van der Waals surface area contributed by atoms with Crippen LogP contribution in [0.1, 0.15) is 23.7 Å². The summed E-state index contributed by atoms with van der Waals surface area (Å²) < 4.78 is 5.12. The van der Waals surface area contributed by atoms with E-state index in [1.807, 2.05) is 6.92 Å². The number of para-hydroxylation sites is 1. The first-order chi connectivity index (χ1) is 9.60. The zero-order valence-corrected chi connectivity index (χ0v) is 11.7. The van der Waals surface area contributed by atoms with Gasteiger partial charge in [-0.3, -0.25) is 9.59 Å². The first kappa shape index (κ1) is 14.2. The van der Waals surface area contributed by atoms with Crippen molar-refractivity contribution >= 4 is 17.5 Å². The fourth-order valence-corrected chi connectivity index (χ4v) is 2.43. The number of ether oxygens (including phenoxy) is 1. The number of piperazine rings is 1. The molecule has 1 atom stereocenters. The molecule has 6 nitrogen and oxygen atoms in total. The van der Waals surface area contributed by atoms with Crippen LogP contribution in [-0.4, -0.2) is 43.0 Å². The zero-order chi connectivity index (χ0) is 14.7. The first-order valence-electron chi connectivity index (χ1n) is 6.61. The number of hydrogen-bond acceptors (Lipinski definition) is 4. The summed E-state index contributed by atoms with van der Waals surface area (Å²) in [5, 5.41) is 2.77. The van der Waals surface area contributed by atoms with E-state index in [9.17, 15) is 9.59 Å². The van der Waals surface area contributed by atoms with Crippen LogP contribution < -0.4 is 15.8 Å². The maximum atomic E-state index is 12.6. The Kier molecular flexibility index (Phi) is 4.12. The lowest BCUT2D eigenvalue weighted by Gasteiger charge is -2.34. The number of nitrogen functional groups attached to an aromatic ring is 1. The number of nitrogens with one attached hydrogen (secondary N) is 1. The van der Waals surface area contributed by atoms with Gasteiger partial charge in [-0.05, 0) is 18.6 Å². The van der Waals surface area contributed by atoms with E-state index in [1.54, 1.807) is 23.1 Å². The van der Waals surface area contributed by atoms with E-state index in [-0.39, 0.29) is 11.8 Å². The molecule has 1 aromatic rings. The minimum atomic E-state index is -0.443. The van der Waals surface area contributed by atoms with Gasteiger partial charge in [-0.15, -0.1) is 0 Å². The SMILES string of the molecule is CCC1C(=O)NCCN1C(=O)c1cccc(OC)c1N. The summed E-state index contributed by atoms with van der Waals surface area (Å²) in [6, 6.07) is 4.63. The summed E-state index contributed by atoms with van der Waals surface area (Å²) in [4.78, 5) is 26.0.